The number of hydrogen-bond donors (Lipinski definition) is 1. The molecule has 2 bridgehead atoms. The third kappa shape index (κ3) is 2.12. The van der Waals surface area contributed by atoms with Crippen molar-refractivity contribution in [1.29, 1.82) is 0 Å². The van der Waals surface area contributed by atoms with Gasteiger partial charge in [0.25, 0.3) is 0 Å². The number of ether oxygens (including phenoxy) is 1. The van der Waals surface area contributed by atoms with E-state index in [-0.39, 0.29) is 0 Å². The Hall–Kier alpha value is -1.22. The highest BCUT2D eigenvalue weighted by atomic mass is 16.5. The summed E-state index contributed by atoms with van der Waals surface area (Å²) in [5.74, 6) is 0.952. The van der Waals surface area contributed by atoms with Gasteiger partial charge < -0.3 is 15.4 Å². The Balaban J connectivity index is 1.65. The molecule has 0 aliphatic carbocycles. The minimum atomic E-state index is 0.382. The van der Waals surface area contributed by atoms with E-state index in [4.69, 9.17) is 10.5 Å². The van der Waals surface area contributed by atoms with Gasteiger partial charge in [-0.25, -0.2) is 0 Å². The molecule has 2 aliphatic rings. The molecule has 0 aromatic heterocycles. The molecule has 3 nitrogen and oxygen atoms in total. The van der Waals surface area contributed by atoms with E-state index in [0.717, 1.165) is 36.4 Å². The van der Waals surface area contributed by atoms with E-state index in [9.17, 15) is 0 Å². The number of hydrogen-bond acceptors (Lipinski definition) is 3. The van der Waals surface area contributed by atoms with Crippen LogP contribution in [0.15, 0.2) is 24.3 Å². The molecule has 3 heteroatoms. The molecule has 1 aromatic carbocycles. The number of rotatable bonds is 2. The summed E-state index contributed by atoms with van der Waals surface area (Å²) >= 11 is 0. The van der Waals surface area contributed by atoms with Crippen LogP contribution >= 0.6 is 0 Å². The van der Waals surface area contributed by atoms with Crippen molar-refractivity contribution in [3.63, 3.8) is 0 Å². The lowest BCUT2D eigenvalue weighted by Gasteiger charge is -2.36. The molecule has 0 radical (unpaired) electrons. The minimum absolute atomic E-state index is 0.382. The number of anilines is 1. The van der Waals surface area contributed by atoms with Crippen LogP contribution in [0.3, 0.4) is 0 Å². The first-order valence-electron chi connectivity index (χ1n) is 6.46. The van der Waals surface area contributed by atoms with Gasteiger partial charge in [0.1, 0.15) is 11.9 Å². The zero-order chi connectivity index (χ0) is 11.8. The summed E-state index contributed by atoms with van der Waals surface area (Å²) in [5, 5.41) is 0. The van der Waals surface area contributed by atoms with E-state index in [0.29, 0.717) is 6.10 Å². The molecule has 2 heterocycles. The lowest BCUT2D eigenvalue weighted by Crippen LogP contribution is -2.43. The normalized spacial score (nSPS) is 32.6. The van der Waals surface area contributed by atoms with Crippen molar-refractivity contribution in [2.24, 2.45) is 0 Å². The van der Waals surface area contributed by atoms with Crippen LogP contribution in [0, 0.1) is 0 Å². The van der Waals surface area contributed by atoms with Gasteiger partial charge in [-0.15, -0.1) is 0 Å². The molecule has 3 atom stereocenters. The quantitative estimate of drug-likeness (QED) is 0.795. The SMILES string of the molecule is CN1[C@@H]2CC[C@H]1CC(Oc1ccc(N)cc1)C2. The van der Waals surface area contributed by atoms with Crippen LogP contribution in [-0.4, -0.2) is 30.1 Å². The third-order valence-electron chi connectivity index (χ3n) is 4.24. The van der Waals surface area contributed by atoms with Crippen molar-refractivity contribution in [2.75, 3.05) is 12.8 Å². The summed E-state index contributed by atoms with van der Waals surface area (Å²) in [6.45, 7) is 0. The minimum Gasteiger partial charge on any atom is -0.490 e. The summed E-state index contributed by atoms with van der Waals surface area (Å²) in [5.41, 5.74) is 6.46. The molecule has 0 spiro atoms. The molecule has 92 valence electrons. The van der Waals surface area contributed by atoms with Gasteiger partial charge in [-0.2, -0.15) is 0 Å². The summed E-state index contributed by atoms with van der Waals surface area (Å²) in [7, 11) is 2.25. The van der Waals surface area contributed by atoms with Gasteiger partial charge in [0.05, 0.1) is 0 Å². The maximum atomic E-state index is 6.06. The van der Waals surface area contributed by atoms with Gasteiger partial charge in [-0.3, -0.25) is 0 Å². The van der Waals surface area contributed by atoms with Crippen LogP contribution in [0.5, 0.6) is 5.75 Å². The number of fused-ring (bicyclic) bond motifs is 2. The number of nitrogens with two attached hydrogens (primary N) is 1. The Morgan fingerprint density at radius 2 is 1.71 bits per heavy atom. The maximum Gasteiger partial charge on any atom is 0.119 e. The molecule has 1 unspecified atom stereocenters. The van der Waals surface area contributed by atoms with Crippen LogP contribution in [0.1, 0.15) is 25.7 Å². The Bertz CT molecular complexity index is 376. The maximum absolute atomic E-state index is 6.06. The molecule has 0 amide bonds. The molecule has 2 aliphatic heterocycles. The summed E-state index contributed by atoms with van der Waals surface area (Å²) in [6.07, 6.45) is 5.38. The lowest BCUT2D eigenvalue weighted by atomic mass is 10.0. The fourth-order valence-corrected chi connectivity index (χ4v) is 3.20. The molecule has 2 saturated heterocycles. The van der Waals surface area contributed by atoms with Crippen molar-refractivity contribution < 1.29 is 4.74 Å². The van der Waals surface area contributed by atoms with Crippen molar-refractivity contribution in [3.8, 4) is 5.75 Å². The second-order valence-corrected chi connectivity index (χ2v) is 5.33. The van der Waals surface area contributed by atoms with Gasteiger partial charge in [-0.05, 0) is 57.0 Å². The Morgan fingerprint density at radius 1 is 1.12 bits per heavy atom. The van der Waals surface area contributed by atoms with Crippen molar-refractivity contribution in [3.05, 3.63) is 24.3 Å². The third-order valence-corrected chi connectivity index (χ3v) is 4.24. The first-order valence-corrected chi connectivity index (χ1v) is 6.46. The standard InChI is InChI=1S/C14H20N2O/c1-16-11-4-5-12(16)9-14(8-11)17-13-6-2-10(15)3-7-13/h2-3,6-7,11-12,14H,4-5,8-9,15H2,1H3/t11-,12+,14?. The smallest absolute Gasteiger partial charge is 0.119 e. The molecule has 3 rings (SSSR count). The Labute approximate surface area is 103 Å². The highest BCUT2D eigenvalue weighted by Gasteiger charge is 2.39. The molecule has 1 aromatic rings. The van der Waals surface area contributed by atoms with E-state index in [1.165, 1.54) is 12.8 Å². The average molecular weight is 232 g/mol. The second-order valence-electron chi connectivity index (χ2n) is 5.33. The van der Waals surface area contributed by atoms with Gasteiger partial charge >= 0.3 is 0 Å². The molecule has 2 fully saturated rings. The van der Waals surface area contributed by atoms with E-state index in [1.807, 2.05) is 24.3 Å². The van der Waals surface area contributed by atoms with Gasteiger partial charge in [-0.1, -0.05) is 0 Å². The highest BCUT2D eigenvalue weighted by Crippen LogP contribution is 2.35. The van der Waals surface area contributed by atoms with E-state index >= 15 is 0 Å². The van der Waals surface area contributed by atoms with Crippen molar-refractivity contribution >= 4 is 5.69 Å². The largest absolute Gasteiger partial charge is 0.490 e. The summed E-state index contributed by atoms with van der Waals surface area (Å²) < 4.78 is 6.06. The van der Waals surface area contributed by atoms with Crippen LogP contribution < -0.4 is 10.5 Å². The summed E-state index contributed by atoms with van der Waals surface area (Å²) in [4.78, 5) is 2.53. The topological polar surface area (TPSA) is 38.5 Å². The van der Waals surface area contributed by atoms with Crippen LogP contribution in [0.25, 0.3) is 0 Å². The number of piperidine rings is 1. The molecule has 17 heavy (non-hydrogen) atoms. The van der Waals surface area contributed by atoms with E-state index in [2.05, 4.69) is 11.9 Å². The first kappa shape index (κ1) is 10.9. The van der Waals surface area contributed by atoms with Crippen molar-refractivity contribution in [2.45, 2.75) is 43.9 Å². The predicted molar refractivity (Wildman–Crippen MR) is 69.1 cm³/mol. The second kappa shape index (κ2) is 4.22. The molecule has 2 N–H and O–H groups in total. The number of benzene rings is 1. The first-order chi connectivity index (χ1) is 8.22. The van der Waals surface area contributed by atoms with E-state index in [1.54, 1.807) is 0 Å². The summed E-state index contributed by atoms with van der Waals surface area (Å²) in [6, 6.07) is 9.20. The molecular weight excluding hydrogens is 212 g/mol. The van der Waals surface area contributed by atoms with E-state index < -0.39 is 0 Å². The van der Waals surface area contributed by atoms with Crippen LogP contribution in [-0.2, 0) is 0 Å². The highest BCUT2D eigenvalue weighted by molar-refractivity contribution is 5.41. The van der Waals surface area contributed by atoms with Gasteiger partial charge in [0.2, 0.25) is 0 Å². The zero-order valence-electron chi connectivity index (χ0n) is 10.3. The predicted octanol–water partition coefficient (Wildman–Crippen LogP) is 2.27. The Kier molecular flexibility index (Phi) is 2.71. The zero-order valence-corrected chi connectivity index (χ0v) is 10.3. The fraction of sp³-hybridized carbons (Fsp3) is 0.571. The van der Waals surface area contributed by atoms with Crippen LogP contribution in [0.2, 0.25) is 0 Å². The van der Waals surface area contributed by atoms with Crippen molar-refractivity contribution in [1.82, 2.24) is 4.90 Å². The number of nitrogens with zero attached hydrogens (tertiary/aromatic N) is 1. The molecule has 0 saturated carbocycles. The number of nitrogen functional groups attached to an aromatic ring is 1. The monoisotopic (exact) mass is 232 g/mol. The van der Waals surface area contributed by atoms with Crippen LogP contribution in [0.4, 0.5) is 5.69 Å². The average Bonchev–Trinajstić information content (AvgIpc) is 2.55. The Morgan fingerprint density at radius 3 is 2.29 bits per heavy atom. The molecular formula is C14H20N2O. The lowest BCUT2D eigenvalue weighted by molar-refractivity contribution is 0.0662. The van der Waals surface area contributed by atoms with Gasteiger partial charge in [0, 0.05) is 17.8 Å². The van der Waals surface area contributed by atoms with Gasteiger partial charge in [0.15, 0.2) is 0 Å². The fourth-order valence-electron chi connectivity index (χ4n) is 3.20.